The SMILES string of the molecule is Cc1ncsc1C(=O)NC1CCN(Cc2nc(-c3ccccc3)oc2C)CC1. The second-order valence-corrected chi connectivity index (χ2v) is 8.03. The zero-order valence-electron chi connectivity index (χ0n) is 16.1. The summed E-state index contributed by atoms with van der Waals surface area (Å²) in [6.07, 6.45) is 1.87. The van der Waals surface area contributed by atoms with Gasteiger partial charge in [-0.25, -0.2) is 9.97 Å². The van der Waals surface area contributed by atoms with Crippen LogP contribution in [0.3, 0.4) is 0 Å². The van der Waals surface area contributed by atoms with Crippen molar-refractivity contribution in [1.29, 1.82) is 0 Å². The van der Waals surface area contributed by atoms with Gasteiger partial charge in [-0.3, -0.25) is 9.69 Å². The lowest BCUT2D eigenvalue weighted by molar-refractivity contribution is 0.0912. The monoisotopic (exact) mass is 396 g/mol. The highest BCUT2D eigenvalue weighted by molar-refractivity contribution is 7.11. The third-order valence-electron chi connectivity index (χ3n) is 5.16. The number of aromatic nitrogens is 2. The number of hydrogen-bond acceptors (Lipinski definition) is 6. The number of nitrogens with zero attached hydrogens (tertiary/aromatic N) is 3. The molecule has 0 aliphatic carbocycles. The van der Waals surface area contributed by atoms with E-state index in [1.165, 1.54) is 11.3 Å². The van der Waals surface area contributed by atoms with Crippen LogP contribution in [0.2, 0.25) is 0 Å². The van der Waals surface area contributed by atoms with Gasteiger partial charge in [-0.05, 0) is 38.8 Å². The van der Waals surface area contributed by atoms with Crippen molar-refractivity contribution in [1.82, 2.24) is 20.2 Å². The minimum atomic E-state index is -0.00158. The summed E-state index contributed by atoms with van der Waals surface area (Å²) in [4.78, 5) is 24.3. The predicted octanol–water partition coefficient (Wildman–Crippen LogP) is 3.81. The second-order valence-electron chi connectivity index (χ2n) is 7.18. The molecule has 1 aliphatic rings. The number of piperidine rings is 1. The van der Waals surface area contributed by atoms with Gasteiger partial charge in [-0.2, -0.15) is 0 Å². The van der Waals surface area contributed by atoms with Gasteiger partial charge in [0.25, 0.3) is 5.91 Å². The highest BCUT2D eigenvalue weighted by Crippen LogP contribution is 2.23. The molecule has 0 radical (unpaired) electrons. The van der Waals surface area contributed by atoms with Gasteiger partial charge in [0.1, 0.15) is 10.6 Å². The molecule has 0 bridgehead atoms. The van der Waals surface area contributed by atoms with Gasteiger partial charge in [0.05, 0.1) is 16.9 Å². The minimum absolute atomic E-state index is 0.00158. The van der Waals surface area contributed by atoms with Gasteiger partial charge in [0.2, 0.25) is 5.89 Å². The van der Waals surface area contributed by atoms with Crippen LogP contribution in [0.4, 0.5) is 0 Å². The Morgan fingerprint density at radius 2 is 2.00 bits per heavy atom. The first-order chi connectivity index (χ1) is 13.6. The number of oxazole rings is 1. The van der Waals surface area contributed by atoms with Crippen LogP contribution >= 0.6 is 11.3 Å². The van der Waals surface area contributed by atoms with Crippen LogP contribution in [0.5, 0.6) is 0 Å². The maximum atomic E-state index is 12.4. The number of rotatable bonds is 5. The van der Waals surface area contributed by atoms with Gasteiger partial charge in [0.15, 0.2) is 0 Å². The van der Waals surface area contributed by atoms with E-state index in [1.807, 2.05) is 44.2 Å². The Bertz CT molecular complexity index is 942. The van der Waals surface area contributed by atoms with E-state index in [1.54, 1.807) is 5.51 Å². The van der Waals surface area contributed by atoms with Gasteiger partial charge in [-0.15, -0.1) is 11.3 Å². The lowest BCUT2D eigenvalue weighted by atomic mass is 10.0. The second kappa shape index (κ2) is 8.24. The molecule has 0 saturated carbocycles. The Balaban J connectivity index is 1.32. The molecule has 1 amide bonds. The summed E-state index contributed by atoms with van der Waals surface area (Å²) in [5.41, 5.74) is 4.51. The molecule has 0 spiro atoms. The van der Waals surface area contributed by atoms with E-state index in [2.05, 4.69) is 15.2 Å². The van der Waals surface area contributed by atoms with Crippen molar-refractivity contribution >= 4 is 17.2 Å². The summed E-state index contributed by atoms with van der Waals surface area (Å²) in [5, 5.41) is 3.15. The largest absolute Gasteiger partial charge is 0.441 e. The Labute approximate surface area is 168 Å². The molecule has 28 heavy (non-hydrogen) atoms. The third kappa shape index (κ3) is 4.15. The number of amides is 1. The molecule has 2 aromatic heterocycles. The number of benzene rings is 1. The van der Waals surface area contributed by atoms with Gasteiger partial charge >= 0.3 is 0 Å². The Kier molecular flexibility index (Phi) is 5.54. The van der Waals surface area contributed by atoms with Crippen molar-refractivity contribution in [3.8, 4) is 11.5 Å². The number of aryl methyl sites for hydroxylation is 2. The van der Waals surface area contributed by atoms with Crippen LogP contribution in [-0.2, 0) is 6.54 Å². The number of carbonyl (C=O) groups excluding carboxylic acids is 1. The summed E-state index contributed by atoms with van der Waals surface area (Å²) in [6, 6.07) is 10.2. The first-order valence-electron chi connectivity index (χ1n) is 9.55. The quantitative estimate of drug-likeness (QED) is 0.710. The molecule has 1 aromatic carbocycles. The Morgan fingerprint density at radius 1 is 1.25 bits per heavy atom. The fraction of sp³-hybridized carbons (Fsp3) is 0.381. The highest BCUT2D eigenvalue weighted by Gasteiger charge is 2.24. The van der Waals surface area contributed by atoms with Crippen LogP contribution in [0.1, 0.15) is 39.7 Å². The van der Waals surface area contributed by atoms with Crippen LogP contribution in [0, 0.1) is 13.8 Å². The Morgan fingerprint density at radius 3 is 2.68 bits per heavy atom. The molecule has 7 heteroatoms. The number of thiazole rings is 1. The molecular formula is C21H24N4O2S. The molecule has 4 rings (SSSR count). The maximum absolute atomic E-state index is 12.4. The molecule has 1 fully saturated rings. The molecule has 1 N–H and O–H groups in total. The average molecular weight is 397 g/mol. The Hall–Kier alpha value is -2.51. The van der Waals surface area contributed by atoms with Gasteiger partial charge < -0.3 is 9.73 Å². The maximum Gasteiger partial charge on any atom is 0.263 e. The van der Waals surface area contributed by atoms with Crippen LogP contribution in [0.25, 0.3) is 11.5 Å². The molecule has 0 unspecified atom stereocenters. The van der Waals surface area contributed by atoms with E-state index in [-0.39, 0.29) is 11.9 Å². The predicted molar refractivity (Wildman–Crippen MR) is 109 cm³/mol. The summed E-state index contributed by atoms with van der Waals surface area (Å²) >= 11 is 1.40. The number of nitrogens with one attached hydrogen (secondary N) is 1. The summed E-state index contributed by atoms with van der Waals surface area (Å²) < 4.78 is 5.87. The van der Waals surface area contributed by atoms with Crippen molar-refractivity contribution in [3.63, 3.8) is 0 Å². The molecule has 146 valence electrons. The minimum Gasteiger partial charge on any atom is -0.441 e. The molecule has 3 heterocycles. The van der Waals surface area contributed by atoms with Gasteiger partial charge in [-0.1, -0.05) is 18.2 Å². The zero-order chi connectivity index (χ0) is 19.5. The first-order valence-corrected chi connectivity index (χ1v) is 10.4. The van der Waals surface area contributed by atoms with Crippen molar-refractivity contribution < 1.29 is 9.21 Å². The number of carbonyl (C=O) groups is 1. The fourth-order valence-electron chi connectivity index (χ4n) is 3.50. The third-order valence-corrected chi connectivity index (χ3v) is 6.09. The lowest BCUT2D eigenvalue weighted by Crippen LogP contribution is -2.44. The van der Waals surface area contributed by atoms with Crippen molar-refractivity contribution in [2.45, 2.75) is 39.3 Å². The van der Waals surface area contributed by atoms with Crippen LogP contribution < -0.4 is 5.32 Å². The van der Waals surface area contributed by atoms with E-state index < -0.39 is 0 Å². The zero-order valence-corrected chi connectivity index (χ0v) is 17.0. The van der Waals surface area contributed by atoms with E-state index in [9.17, 15) is 4.79 Å². The van der Waals surface area contributed by atoms with E-state index in [0.29, 0.717) is 10.8 Å². The first kappa shape index (κ1) is 18.8. The van der Waals surface area contributed by atoms with E-state index in [4.69, 9.17) is 9.40 Å². The highest BCUT2D eigenvalue weighted by atomic mass is 32.1. The molecular weight excluding hydrogens is 372 g/mol. The topological polar surface area (TPSA) is 71.3 Å². The van der Waals surface area contributed by atoms with E-state index in [0.717, 1.165) is 55.2 Å². The molecule has 3 aromatic rings. The standard InChI is InChI=1S/C21H24N4O2S/c1-14-19(28-13-22-14)20(26)23-17-8-10-25(11-9-17)12-18-15(2)27-21(24-18)16-6-4-3-5-7-16/h3-7,13,17H,8-12H2,1-2H3,(H,23,26). The van der Waals surface area contributed by atoms with Crippen molar-refractivity contribution in [2.75, 3.05) is 13.1 Å². The molecule has 6 nitrogen and oxygen atoms in total. The smallest absolute Gasteiger partial charge is 0.263 e. The van der Waals surface area contributed by atoms with E-state index >= 15 is 0 Å². The summed E-state index contributed by atoms with van der Waals surface area (Å²) in [6.45, 7) is 6.48. The molecule has 1 saturated heterocycles. The lowest BCUT2D eigenvalue weighted by Gasteiger charge is -2.31. The fourth-order valence-corrected chi connectivity index (χ4v) is 4.20. The average Bonchev–Trinajstić information content (AvgIpc) is 3.30. The summed E-state index contributed by atoms with van der Waals surface area (Å²) in [7, 11) is 0. The number of hydrogen-bond donors (Lipinski definition) is 1. The van der Waals surface area contributed by atoms with Crippen LogP contribution in [-0.4, -0.2) is 39.9 Å². The normalized spacial score (nSPS) is 15.6. The molecule has 0 atom stereocenters. The van der Waals surface area contributed by atoms with Crippen molar-refractivity contribution in [2.24, 2.45) is 0 Å². The van der Waals surface area contributed by atoms with Crippen molar-refractivity contribution in [3.05, 3.63) is 57.9 Å². The number of likely N-dealkylation sites (tertiary alicyclic amines) is 1. The summed E-state index contributed by atoms with van der Waals surface area (Å²) in [5.74, 6) is 1.54. The van der Waals surface area contributed by atoms with Gasteiger partial charge in [0, 0.05) is 31.2 Å². The van der Waals surface area contributed by atoms with Crippen LogP contribution in [0.15, 0.2) is 40.3 Å². The molecule has 1 aliphatic heterocycles.